The third-order valence-corrected chi connectivity index (χ3v) is 2.56. The number of nitrogens with two attached hydrogens (primary N) is 1. The second-order valence-electron chi connectivity index (χ2n) is 3.51. The van der Waals surface area contributed by atoms with Gasteiger partial charge in [0.1, 0.15) is 0 Å². The average molecular weight is 251 g/mol. The molecule has 0 spiro atoms. The molecule has 0 aliphatic heterocycles. The number of hydrogen-bond donors (Lipinski definition) is 2. The van der Waals surface area contributed by atoms with Gasteiger partial charge in [-0.15, -0.1) is 0 Å². The van der Waals surface area contributed by atoms with Gasteiger partial charge in [0, 0.05) is 11.2 Å². The summed E-state index contributed by atoms with van der Waals surface area (Å²) < 4.78 is 1.67. The number of halogens is 1. The fourth-order valence-electron chi connectivity index (χ4n) is 1.46. The van der Waals surface area contributed by atoms with E-state index in [0.29, 0.717) is 17.3 Å². The first-order chi connectivity index (χ1) is 8.15. The summed E-state index contributed by atoms with van der Waals surface area (Å²) in [5.74, 6) is 0. The number of urea groups is 1. The number of nitrogens with zero attached hydrogens (tertiary/aromatic N) is 2. The van der Waals surface area contributed by atoms with Crippen molar-refractivity contribution in [3.05, 3.63) is 47.2 Å². The van der Waals surface area contributed by atoms with Crippen LogP contribution in [0.3, 0.4) is 0 Å². The van der Waals surface area contributed by atoms with Crippen LogP contribution in [0.1, 0.15) is 5.56 Å². The zero-order chi connectivity index (χ0) is 12.3. The molecule has 6 heteroatoms. The third kappa shape index (κ3) is 2.98. The van der Waals surface area contributed by atoms with E-state index in [-0.39, 0.29) is 0 Å². The first kappa shape index (κ1) is 11.5. The lowest BCUT2D eigenvalue weighted by atomic mass is 10.2. The SMILES string of the molecule is NC(=O)Nc1cnn(Cc2ccccc2Cl)c1. The van der Waals surface area contributed by atoms with Crippen molar-refractivity contribution in [1.82, 2.24) is 9.78 Å². The molecule has 0 atom stereocenters. The number of primary amides is 1. The van der Waals surface area contributed by atoms with E-state index >= 15 is 0 Å². The van der Waals surface area contributed by atoms with Gasteiger partial charge >= 0.3 is 6.03 Å². The monoisotopic (exact) mass is 250 g/mol. The van der Waals surface area contributed by atoms with Crippen LogP contribution in [0.4, 0.5) is 10.5 Å². The predicted octanol–water partition coefficient (Wildman–Crippen LogP) is 2.08. The van der Waals surface area contributed by atoms with Gasteiger partial charge in [-0.1, -0.05) is 29.8 Å². The maximum Gasteiger partial charge on any atom is 0.316 e. The molecular weight excluding hydrogens is 240 g/mol. The standard InChI is InChI=1S/C11H11ClN4O/c12-10-4-2-1-3-8(10)6-16-7-9(5-14-16)15-11(13)17/h1-5,7H,6H2,(H3,13,15,17). The normalized spacial score (nSPS) is 10.2. The average Bonchev–Trinajstić information content (AvgIpc) is 2.68. The Hall–Kier alpha value is -2.01. The molecule has 2 amide bonds. The van der Waals surface area contributed by atoms with E-state index in [1.807, 2.05) is 24.3 Å². The summed E-state index contributed by atoms with van der Waals surface area (Å²) >= 11 is 6.03. The highest BCUT2D eigenvalue weighted by Gasteiger charge is 2.03. The Morgan fingerprint density at radius 1 is 1.47 bits per heavy atom. The van der Waals surface area contributed by atoms with E-state index in [9.17, 15) is 4.79 Å². The van der Waals surface area contributed by atoms with E-state index in [1.54, 1.807) is 10.9 Å². The van der Waals surface area contributed by atoms with Crippen molar-refractivity contribution in [2.75, 3.05) is 5.32 Å². The highest BCUT2D eigenvalue weighted by Crippen LogP contribution is 2.16. The summed E-state index contributed by atoms with van der Waals surface area (Å²) in [5.41, 5.74) is 6.52. The van der Waals surface area contributed by atoms with Crippen LogP contribution in [-0.4, -0.2) is 15.8 Å². The van der Waals surface area contributed by atoms with Crippen LogP contribution in [0, 0.1) is 0 Å². The molecule has 17 heavy (non-hydrogen) atoms. The number of benzene rings is 1. The Morgan fingerprint density at radius 2 is 2.24 bits per heavy atom. The van der Waals surface area contributed by atoms with E-state index in [4.69, 9.17) is 17.3 Å². The van der Waals surface area contributed by atoms with Gasteiger partial charge in [-0.05, 0) is 11.6 Å². The Labute approximate surface area is 103 Å². The van der Waals surface area contributed by atoms with Gasteiger partial charge < -0.3 is 11.1 Å². The molecular formula is C11H11ClN4O. The highest BCUT2D eigenvalue weighted by molar-refractivity contribution is 6.31. The largest absolute Gasteiger partial charge is 0.351 e. The molecule has 0 unspecified atom stereocenters. The van der Waals surface area contributed by atoms with Crippen LogP contribution in [-0.2, 0) is 6.54 Å². The highest BCUT2D eigenvalue weighted by atomic mass is 35.5. The van der Waals surface area contributed by atoms with Crippen molar-refractivity contribution in [2.45, 2.75) is 6.54 Å². The Morgan fingerprint density at radius 3 is 2.94 bits per heavy atom. The van der Waals surface area contributed by atoms with Gasteiger partial charge in [-0.2, -0.15) is 5.10 Å². The molecule has 0 radical (unpaired) electrons. The van der Waals surface area contributed by atoms with Gasteiger partial charge in [0.25, 0.3) is 0 Å². The summed E-state index contributed by atoms with van der Waals surface area (Å²) in [6, 6.07) is 6.92. The summed E-state index contributed by atoms with van der Waals surface area (Å²) in [7, 11) is 0. The molecule has 5 nitrogen and oxygen atoms in total. The van der Waals surface area contributed by atoms with Crippen molar-refractivity contribution in [3.63, 3.8) is 0 Å². The molecule has 1 aromatic carbocycles. The number of carbonyl (C=O) groups is 1. The lowest BCUT2D eigenvalue weighted by molar-refractivity contribution is 0.259. The Balaban J connectivity index is 2.12. The zero-order valence-electron chi connectivity index (χ0n) is 8.93. The second-order valence-corrected chi connectivity index (χ2v) is 3.91. The summed E-state index contributed by atoms with van der Waals surface area (Å²) in [5, 5.41) is 7.23. The van der Waals surface area contributed by atoms with Crippen molar-refractivity contribution < 1.29 is 4.79 Å². The lowest BCUT2D eigenvalue weighted by Crippen LogP contribution is -2.18. The van der Waals surface area contributed by atoms with E-state index in [1.165, 1.54) is 6.20 Å². The second kappa shape index (κ2) is 4.88. The Bertz CT molecular complexity index is 538. The summed E-state index contributed by atoms with van der Waals surface area (Å²) in [6.07, 6.45) is 3.22. The van der Waals surface area contributed by atoms with Crippen LogP contribution in [0.2, 0.25) is 5.02 Å². The van der Waals surface area contributed by atoms with Crippen LogP contribution in [0.5, 0.6) is 0 Å². The molecule has 1 aromatic heterocycles. The van der Waals surface area contributed by atoms with Gasteiger partial charge in [0.05, 0.1) is 18.4 Å². The molecule has 0 fully saturated rings. The fraction of sp³-hybridized carbons (Fsp3) is 0.0909. The molecule has 1 heterocycles. The van der Waals surface area contributed by atoms with Gasteiger partial charge in [-0.3, -0.25) is 4.68 Å². The number of carbonyl (C=O) groups excluding carboxylic acids is 1. The molecule has 88 valence electrons. The number of nitrogens with one attached hydrogen (secondary N) is 1. The van der Waals surface area contributed by atoms with E-state index in [0.717, 1.165) is 5.56 Å². The maximum atomic E-state index is 10.6. The molecule has 0 saturated carbocycles. The molecule has 2 aromatic rings. The summed E-state index contributed by atoms with van der Waals surface area (Å²) in [4.78, 5) is 10.6. The summed E-state index contributed by atoms with van der Waals surface area (Å²) in [6.45, 7) is 0.542. The van der Waals surface area contributed by atoms with Crippen LogP contribution < -0.4 is 11.1 Å². The molecule has 0 saturated heterocycles. The first-order valence-corrected chi connectivity index (χ1v) is 5.35. The maximum absolute atomic E-state index is 10.6. The van der Waals surface area contributed by atoms with E-state index < -0.39 is 6.03 Å². The zero-order valence-corrected chi connectivity index (χ0v) is 9.69. The topological polar surface area (TPSA) is 72.9 Å². The van der Waals surface area contributed by atoms with E-state index in [2.05, 4.69) is 10.4 Å². The van der Waals surface area contributed by atoms with Gasteiger partial charge in [0.15, 0.2) is 0 Å². The minimum absolute atomic E-state index is 0.542. The van der Waals surface area contributed by atoms with Crippen LogP contribution >= 0.6 is 11.6 Å². The first-order valence-electron chi connectivity index (χ1n) is 4.97. The minimum atomic E-state index is -0.609. The molecule has 0 aliphatic rings. The number of rotatable bonds is 3. The van der Waals surface area contributed by atoms with Crippen molar-refractivity contribution >= 4 is 23.3 Å². The van der Waals surface area contributed by atoms with Crippen molar-refractivity contribution in [3.8, 4) is 0 Å². The molecule has 0 bridgehead atoms. The quantitative estimate of drug-likeness (QED) is 0.875. The van der Waals surface area contributed by atoms with Crippen LogP contribution in [0.15, 0.2) is 36.7 Å². The fourth-order valence-corrected chi connectivity index (χ4v) is 1.65. The minimum Gasteiger partial charge on any atom is -0.351 e. The predicted molar refractivity (Wildman–Crippen MR) is 66.0 cm³/mol. The van der Waals surface area contributed by atoms with Gasteiger partial charge in [0.2, 0.25) is 0 Å². The number of amides is 2. The van der Waals surface area contributed by atoms with Crippen LogP contribution in [0.25, 0.3) is 0 Å². The number of hydrogen-bond acceptors (Lipinski definition) is 2. The van der Waals surface area contributed by atoms with Gasteiger partial charge in [-0.25, -0.2) is 4.79 Å². The lowest BCUT2D eigenvalue weighted by Gasteiger charge is -2.03. The van der Waals surface area contributed by atoms with Crippen molar-refractivity contribution in [2.24, 2.45) is 5.73 Å². The third-order valence-electron chi connectivity index (χ3n) is 2.19. The molecule has 0 aliphatic carbocycles. The molecule has 3 N–H and O–H groups in total. The van der Waals surface area contributed by atoms with Crippen molar-refractivity contribution in [1.29, 1.82) is 0 Å². The molecule has 2 rings (SSSR count). The Kier molecular flexibility index (Phi) is 3.30. The number of aromatic nitrogens is 2. The number of anilines is 1. The smallest absolute Gasteiger partial charge is 0.316 e.